The van der Waals surface area contributed by atoms with Gasteiger partial charge in [-0.2, -0.15) is 0 Å². The first kappa shape index (κ1) is 7.10. The SMILES string of the molecule is CN1CC=C(CCl)CC1. The molecule has 0 aromatic heterocycles. The van der Waals surface area contributed by atoms with Crippen LogP contribution in [0.15, 0.2) is 11.6 Å². The van der Waals surface area contributed by atoms with Gasteiger partial charge in [-0.05, 0) is 13.5 Å². The summed E-state index contributed by atoms with van der Waals surface area (Å²) in [6.45, 7) is 2.24. The van der Waals surface area contributed by atoms with Crippen LogP contribution in [0.4, 0.5) is 0 Å². The van der Waals surface area contributed by atoms with Crippen molar-refractivity contribution in [3.8, 4) is 0 Å². The maximum Gasteiger partial charge on any atom is 0.0434 e. The van der Waals surface area contributed by atoms with Crippen molar-refractivity contribution in [3.05, 3.63) is 11.6 Å². The zero-order valence-electron chi connectivity index (χ0n) is 5.73. The van der Waals surface area contributed by atoms with Gasteiger partial charge in [0.2, 0.25) is 0 Å². The van der Waals surface area contributed by atoms with Crippen molar-refractivity contribution in [3.63, 3.8) is 0 Å². The molecule has 1 rings (SSSR count). The van der Waals surface area contributed by atoms with Gasteiger partial charge in [-0.1, -0.05) is 11.6 Å². The van der Waals surface area contributed by atoms with Gasteiger partial charge in [-0.25, -0.2) is 0 Å². The average Bonchev–Trinajstić information content (AvgIpc) is 1.90. The molecule has 0 unspecified atom stereocenters. The third-order valence-corrected chi connectivity index (χ3v) is 2.02. The van der Waals surface area contributed by atoms with Crippen molar-refractivity contribution < 1.29 is 0 Å². The lowest BCUT2D eigenvalue weighted by molar-refractivity contribution is 0.359. The minimum atomic E-state index is 0.716. The highest BCUT2D eigenvalue weighted by Crippen LogP contribution is 2.09. The van der Waals surface area contributed by atoms with Gasteiger partial charge in [-0.15, -0.1) is 11.6 Å². The molecule has 0 aromatic carbocycles. The molecule has 1 aliphatic rings. The number of nitrogens with zero attached hydrogens (tertiary/aromatic N) is 1. The number of likely N-dealkylation sites (N-methyl/N-ethyl adjacent to an activating group) is 1. The lowest BCUT2D eigenvalue weighted by atomic mass is 10.1. The topological polar surface area (TPSA) is 3.24 Å². The Kier molecular flexibility index (Phi) is 2.55. The molecule has 1 heterocycles. The molecule has 0 aromatic rings. The Morgan fingerprint density at radius 2 is 2.56 bits per heavy atom. The van der Waals surface area contributed by atoms with E-state index in [0.29, 0.717) is 5.88 Å². The van der Waals surface area contributed by atoms with Crippen molar-refractivity contribution in [2.75, 3.05) is 26.0 Å². The first-order chi connectivity index (χ1) is 4.33. The molecule has 1 aliphatic heterocycles. The van der Waals surface area contributed by atoms with Crippen molar-refractivity contribution in [2.24, 2.45) is 0 Å². The summed E-state index contributed by atoms with van der Waals surface area (Å²) in [7, 11) is 2.13. The summed E-state index contributed by atoms with van der Waals surface area (Å²) in [6.07, 6.45) is 3.37. The number of hydrogen-bond donors (Lipinski definition) is 0. The number of alkyl halides is 1. The summed E-state index contributed by atoms with van der Waals surface area (Å²) in [5.74, 6) is 0.716. The van der Waals surface area contributed by atoms with Crippen LogP contribution in [0.5, 0.6) is 0 Å². The third-order valence-electron chi connectivity index (χ3n) is 1.68. The third kappa shape index (κ3) is 1.99. The molecule has 52 valence electrons. The molecule has 0 fully saturated rings. The highest BCUT2D eigenvalue weighted by atomic mass is 35.5. The van der Waals surface area contributed by atoms with Gasteiger partial charge in [0, 0.05) is 19.0 Å². The van der Waals surface area contributed by atoms with Crippen LogP contribution in [0.2, 0.25) is 0 Å². The summed E-state index contributed by atoms with van der Waals surface area (Å²) >= 11 is 5.64. The predicted molar refractivity (Wildman–Crippen MR) is 40.9 cm³/mol. The first-order valence-electron chi connectivity index (χ1n) is 3.25. The summed E-state index contributed by atoms with van der Waals surface area (Å²) < 4.78 is 0. The van der Waals surface area contributed by atoms with Crippen LogP contribution < -0.4 is 0 Å². The number of halogens is 1. The Morgan fingerprint density at radius 1 is 1.78 bits per heavy atom. The molecule has 0 aliphatic carbocycles. The van der Waals surface area contributed by atoms with Gasteiger partial charge in [-0.3, -0.25) is 0 Å². The van der Waals surface area contributed by atoms with Crippen LogP contribution in [0, 0.1) is 0 Å². The van der Waals surface area contributed by atoms with E-state index in [-0.39, 0.29) is 0 Å². The van der Waals surface area contributed by atoms with Crippen LogP contribution in [0.25, 0.3) is 0 Å². The average molecular weight is 146 g/mol. The Hall–Kier alpha value is -0.0100. The predicted octanol–water partition coefficient (Wildman–Crippen LogP) is 1.49. The minimum absolute atomic E-state index is 0.716. The van der Waals surface area contributed by atoms with Crippen LogP contribution in [-0.4, -0.2) is 30.9 Å². The second-order valence-electron chi connectivity index (χ2n) is 2.51. The van der Waals surface area contributed by atoms with Crippen molar-refractivity contribution in [2.45, 2.75) is 6.42 Å². The van der Waals surface area contributed by atoms with Gasteiger partial charge in [0.25, 0.3) is 0 Å². The lowest BCUT2D eigenvalue weighted by Gasteiger charge is -2.20. The van der Waals surface area contributed by atoms with Crippen molar-refractivity contribution in [1.29, 1.82) is 0 Å². The van der Waals surface area contributed by atoms with E-state index in [1.165, 1.54) is 12.1 Å². The highest BCUT2D eigenvalue weighted by molar-refractivity contribution is 6.19. The van der Waals surface area contributed by atoms with Crippen molar-refractivity contribution in [1.82, 2.24) is 4.90 Å². The van der Waals surface area contributed by atoms with E-state index in [0.717, 1.165) is 13.0 Å². The van der Waals surface area contributed by atoms with Gasteiger partial charge in [0.05, 0.1) is 0 Å². The molecule has 0 spiro atoms. The van der Waals surface area contributed by atoms with E-state index in [4.69, 9.17) is 11.6 Å². The van der Waals surface area contributed by atoms with Gasteiger partial charge < -0.3 is 4.90 Å². The molecule has 2 heteroatoms. The van der Waals surface area contributed by atoms with E-state index in [9.17, 15) is 0 Å². The molecule has 0 atom stereocenters. The Labute approximate surface area is 61.3 Å². The number of rotatable bonds is 1. The Bertz CT molecular complexity index is 120. The molecular weight excluding hydrogens is 134 g/mol. The summed E-state index contributed by atoms with van der Waals surface area (Å²) in [5.41, 5.74) is 1.40. The molecule has 0 saturated heterocycles. The fourth-order valence-electron chi connectivity index (χ4n) is 0.934. The standard InChI is InChI=1S/C7H12ClN/c1-9-4-2-7(6-8)3-5-9/h2H,3-6H2,1H3. The van der Waals surface area contributed by atoms with Crippen LogP contribution >= 0.6 is 11.6 Å². The maximum absolute atomic E-state index is 5.64. The minimum Gasteiger partial charge on any atom is -0.302 e. The molecule has 0 N–H and O–H groups in total. The maximum atomic E-state index is 5.64. The molecular formula is C7H12ClN. The van der Waals surface area contributed by atoms with E-state index in [1.807, 2.05) is 0 Å². The fourth-order valence-corrected chi connectivity index (χ4v) is 1.18. The normalized spacial score (nSPS) is 21.8. The molecule has 0 bridgehead atoms. The smallest absolute Gasteiger partial charge is 0.0434 e. The molecule has 1 nitrogen and oxygen atoms in total. The summed E-state index contributed by atoms with van der Waals surface area (Å²) in [4.78, 5) is 2.29. The van der Waals surface area contributed by atoms with E-state index in [1.54, 1.807) is 0 Å². The van der Waals surface area contributed by atoms with E-state index >= 15 is 0 Å². The highest BCUT2D eigenvalue weighted by Gasteiger charge is 2.04. The first-order valence-corrected chi connectivity index (χ1v) is 3.79. The van der Waals surface area contributed by atoms with Gasteiger partial charge in [0.15, 0.2) is 0 Å². The fraction of sp³-hybridized carbons (Fsp3) is 0.714. The van der Waals surface area contributed by atoms with Crippen molar-refractivity contribution >= 4 is 11.6 Å². The van der Waals surface area contributed by atoms with Gasteiger partial charge in [0.1, 0.15) is 0 Å². The number of hydrogen-bond acceptors (Lipinski definition) is 1. The lowest BCUT2D eigenvalue weighted by Crippen LogP contribution is -2.24. The Morgan fingerprint density at radius 3 is 3.00 bits per heavy atom. The Balaban J connectivity index is 2.40. The van der Waals surface area contributed by atoms with E-state index < -0.39 is 0 Å². The van der Waals surface area contributed by atoms with Crippen LogP contribution in [0.1, 0.15) is 6.42 Å². The monoisotopic (exact) mass is 145 g/mol. The summed E-state index contributed by atoms with van der Waals surface area (Å²) in [6, 6.07) is 0. The second kappa shape index (κ2) is 3.23. The van der Waals surface area contributed by atoms with E-state index in [2.05, 4.69) is 18.0 Å². The molecule has 9 heavy (non-hydrogen) atoms. The van der Waals surface area contributed by atoms with Crippen LogP contribution in [-0.2, 0) is 0 Å². The second-order valence-corrected chi connectivity index (χ2v) is 2.78. The molecule has 0 saturated carbocycles. The molecule has 0 radical (unpaired) electrons. The largest absolute Gasteiger partial charge is 0.302 e. The zero-order valence-corrected chi connectivity index (χ0v) is 6.49. The van der Waals surface area contributed by atoms with Gasteiger partial charge >= 0.3 is 0 Å². The zero-order chi connectivity index (χ0) is 6.69. The van der Waals surface area contributed by atoms with Crippen LogP contribution in [0.3, 0.4) is 0 Å². The quantitative estimate of drug-likeness (QED) is 0.399. The molecule has 0 amide bonds. The summed E-state index contributed by atoms with van der Waals surface area (Å²) in [5, 5.41) is 0.